The molecule has 0 amide bonds. The molecule has 0 unspecified atom stereocenters. The van der Waals surface area contributed by atoms with E-state index < -0.39 is 0 Å². The fourth-order valence-corrected chi connectivity index (χ4v) is 2.32. The maximum absolute atomic E-state index is 11.4. The summed E-state index contributed by atoms with van der Waals surface area (Å²) in [6.07, 6.45) is 10.2. The van der Waals surface area contributed by atoms with Crippen LogP contribution in [0.4, 0.5) is 5.69 Å². The van der Waals surface area contributed by atoms with E-state index in [9.17, 15) is 9.90 Å². The number of hydrogen-bond acceptors (Lipinski definition) is 6. The van der Waals surface area contributed by atoms with Crippen LogP contribution in [0.15, 0.2) is 6.07 Å². The monoisotopic (exact) mass is 387 g/mol. The van der Waals surface area contributed by atoms with Gasteiger partial charge in [0.15, 0.2) is 0 Å². The molecule has 0 radical (unpaired) electrons. The van der Waals surface area contributed by atoms with E-state index >= 15 is 0 Å². The van der Waals surface area contributed by atoms with Gasteiger partial charge in [0, 0.05) is 19.1 Å². The van der Waals surface area contributed by atoms with Gasteiger partial charge >= 0.3 is 5.97 Å². The Morgan fingerprint density at radius 2 is 1.62 bits per heavy atom. The van der Waals surface area contributed by atoms with Crippen molar-refractivity contribution >= 4 is 23.6 Å². The second-order valence-corrected chi connectivity index (χ2v) is 4.64. The number of aliphatic hydroxyl groups is 2. The number of esters is 1. The molecular weight excluding hydrogens is 350 g/mol. The summed E-state index contributed by atoms with van der Waals surface area (Å²) in [7, 11) is 2.38. The van der Waals surface area contributed by atoms with Crippen LogP contribution in [0.1, 0.15) is 49.9 Å². The summed E-state index contributed by atoms with van der Waals surface area (Å²) in [5, 5.41) is 16.4. The van der Waals surface area contributed by atoms with E-state index in [0.29, 0.717) is 0 Å². The van der Waals surface area contributed by atoms with Crippen LogP contribution in [0.5, 0.6) is 0 Å². The van der Waals surface area contributed by atoms with Crippen LogP contribution < -0.4 is 4.72 Å². The van der Waals surface area contributed by atoms with Gasteiger partial charge in [0.1, 0.15) is 0 Å². The Morgan fingerprint density at radius 1 is 1.15 bits per heavy atom. The molecule has 1 aromatic carbocycles. The van der Waals surface area contributed by atoms with Gasteiger partial charge in [0.2, 0.25) is 0 Å². The van der Waals surface area contributed by atoms with E-state index in [4.69, 9.17) is 9.84 Å². The normalized spacial score (nSPS) is 7.88. The van der Waals surface area contributed by atoms with Crippen LogP contribution >= 0.6 is 11.9 Å². The third-order valence-corrected chi connectivity index (χ3v) is 3.46. The Hall–Kier alpha value is -1.68. The van der Waals surface area contributed by atoms with Crippen molar-refractivity contribution in [2.75, 3.05) is 25.2 Å². The van der Waals surface area contributed by atoms with Crippen LogP contribution in [-0.4, -0.2) is 36.7 Å². The van der Waals surface area contributed by atoms with Crippen molar-refractivity contribution in [3.63, 3.8) is 0 Å². The topological polar surface area (TPSA) is 78.8 Å². The quantitative estimate of drug-likeness (QED) is 0.401. The van der Waals surface area contributed by atoms with E-state index in [1.165, 1.54) is 19.1 Å². The first-order chi connectivity index (χ1) is 12.5. The largest absolute Gasteiger partial charge is 0.469 e. The first-order valence-electron chi connectivity index (χ1n) is 8.41. The maximum Gasteiger partial charge on any atom is 0.309 e. The lowest BCUT2D eigenvalue weighted by Gasteiger charge is -2.17. The Morgan fingerprint density at radius 3 is 1.96 bits per heavy atom. The summed E-state index contributed by atoms with van der Waals surface area (Å²) >= 11 is 1.48. The number of carbonyl (C=O) groups is 1. The van der Waals surface area contributed by atoms with Gasteiger partial charge in [-0.05, 0) is 42.2 Å². The second-order valence-electron chi connectivity index (χ2n) is 4.03. The standard InChI is InChI=1S/C13H19NO3S.2C2H6.C2H2.CH4O/c1-8-10(7-15)5-12(14-18-4)9(2)11(8)6-13(16)17-3;4*1-2/h5,14-15H,6-7H2,1-4H3;2*1-2H3;1-2H;2H,1H3. The molecule has 6 heteroatoms. The predicted molar refractivity (Wildman–Crippen MR) is 115 cm³/mol. The zero-order valence-corrected chi connectivity index (χ0v) is 18.6. The number of aliphatic hydroxyl groups excluding tert-OH is 2. The first-order valence-corrected chi connectivity index (χ1v) is 9.64. The highest BCUT2D eigenvalue weighted by Crippen LogP contribution is 2.28. The minimum Gasteiger partial charge on any atom is -0.469 e. The molecule has 152 valence electrons. The molecule has 1 aromatic rings. The molecule has 0 fully saturated rings. The molecule has 0 heterocycles. The molecule has 0 saturated carbocycles. The molecule has 1 rings (SSSR count). The highest BCUT2D eigenvalue weighted by Gasteiger charge is 2.15. The fourth-order valence-electron chi connectivity index (χ4n) is 1.89. The summed E-state index contributed by atoms with van der Waals surface area (Å²) in [6.45, 7) is 11.8. The molecule has 0 saturated heterocycles. The van der Waals surface area contributed by atoms with Gasteiger partial charge in [-0.15, -0.1) is 12.8 Å². The zero-order chi connectivity index (χ0) is 21.7. The maximum atomic E-state index is 11.4. The Balaban J connectivity index is -0.000000266. The van der Waals surface area contributed by atoms with Crippen molar-refractivity contribution in [1.29, 1.82) is 0 Å². The van der Waals surface area contributed by atoms with Gasteiger partial charge in [-0.1, -0.05) is 39.6 Å². The van der Waals surface area contributed by atoms with E-state index in [1.807, 2.05) is 53.9 Å². The van der Waals surface area contributed by atoms with Gasteiger partial charge in [-0.25, -0.2) is 0 Å². The average molecular weight is 388 g/mol. The number of rotatable bonds is 5. The molecular formula is C20H37NO4S. The third-order valence-electron chi connectivity index (χ3n) is 3.04. The summed E-state index contributed by atoms with van der Waals surface area (Å²) in [4.78, 5) is 11.4. The second kappa shape index (κ2) is 23.3. The van der Waals surface area contributed by atoms with Gasteiger partial charge in [-0.3, -0.25) is 4.79 Å². The van der Waals surface area contributed by atoms with Crippen molar-refractivity contribution in [3.05, 3.63) is 28.3 Å². The number of benzene rings is 1. The summed E-state index contributed by atoms with van der Waals surface area (Å²) < 4.78 is 7.87. The van der Waals surface area contributed by atoms with Crippen molar-refractivity contribution < 1.29 is 19.7 Å². The zero-order valence-electron chi connectivity index (χ0n) is 17.8. The highest BCUT2D eigenvalue weighted by atomic mass is 32.2. The number of carbonyl (C=O) groups excluding carboxylic acids is 1. The third kappa shape index (κ3) is 11.8. The van der Waals surface area contributed by atoms with Gasteiger partial charge in [-0.2, -0.15) is 0 Å². The number of ether oxygens (including phenoxy) is 1. The first kappa shape index (κ1) is 32.0. The molecule has 0 bridgehead atoms. The van der Waals surface area contributed by atoms with Crippen LogP contribution in [0, 0.1) is 26.7 Å². The molecule has 5 nitrogen and oxygen atoms in total. The average Bonchev–Trinajstić information content (AvgIpc) is 2.73. The van der Waals surface area contributed by atoms with E-state index in [-0.39, 0.29) is 19.0 Å². The lowest BCUT2D eigenvalue weighted by atomic mass is 9.94. The number of anilines is 1. The molecule has 0 aliphatic carbocycles. The van der Waals surface area contributed by atoms with Gasteiger partial charge in [0.05, 0.1) is 20.1 Å². The van der Waals surface area contributed by atoms with Crippen LogP contribution in [0.25, 0.3) is 0 Å². The van der Waals surface area contributed by atoms with Crippen LogP contribution in [0.3, 0.4) is 0 Å². The van der Waals surface area contributed by atoms with Crippen molar-refractivity contribution in [1.82, 2.24) is 0 Å². The lowest BCUT2D eigenvalue weighted by Crippen LogP contribution is -2.10. The van der Waals surface area contributed by atoms with Crippen LogP contribution in [-0.2, 0) is 22.6 Å². The number of methoxy groups -OCH3 is 1. The molecule has 0 aliphatic heterocycles. The molecule has 0 spiro atoms. The highest BCUT2D eigenvalue weighted by molar-refractivity contribution is 7.99. The van der Waals surface area contributed by atoms with E-state index in [2.05, 4.69) is 17.6 Å². The van der Waals surface area contributed by atoms with Crippen molar-refractivity contribution in [2.24, 2.45) is 0 Å². The molecule has 0 atom stereocenters. The molecule has 26 heavy (non-hydrogen) atoms. The molecule has 0 aromatic heterocycles. The van der Waals surface area contributed by atoms with E-state index in [1.54, 1.807) is 0 Å². The lowest BCUT2D eigenvalue weighted by molar-refractivity contribution is -0.139. The summed E-state index contributed by atoms with van der Waals surface area (Å²) in [6, 6.07) is 1.92. The SMILES string of the molecule is C#C.CC.CC.CO.COC(=O)Cc1c(C)c(CO)cc(NSC)c1C. The number of terminal acetylenes is 1. The summed E-state index contributed by atoms with van der Waals surface area (Å²) in [5.41, 5.74) is 4.65. The molecule has 0 aliphatic rings. The van der Waals surface area contributed by atoms with Gasteiger partial charge < -0.3 is 19.7 Å². The summed E-state index contributed by atoms with van der Waals surface area (Å²) in [5.74, 6) is -0.272. The predicted octanol–water partition coefficient (Wildman–Crippen LogP) is 4.11. The molecule has 3 N–H and O–H groups in total. The number of hydrogen-bond donors (Lipinski definition) is 3. The van der Waals surface area contributed by atoms with Crippen LogP contribution in [0.2, 0.25) is 0 Å². The smallest absolute Gasteiger partial charge is 0.309 e. The van der Waals surface area contributed by atoms with Crippen molar-refractivity contribution in [2.45, 2.75) is 54.6 Å². The Labute approximate surface area is 164 Å². The van der Waals surface area contributed by atoms with Crippen molar-refractivity contribution in [3.8, 4) is 12.8 Å². The number of nitrogens with one attached hydrogen (secondary N) is 1. The van der Waals surface area contributed by atoms with Gasteiger partial charge in [0.25, 0.3) is 0 Å². The fraction of sp³-hybridized carbons (Fsp3) is 0.550. The minimum atomic E-state index is -0.272. The minimum absolute atomic E-state index is 0.0383. The Bertz CT molecular complexity index is 488. The van der Waals surface area contributed by atoms with E-state index in [0.717, 1.165) is 35.1 Å². The Kier molecular flexibility index (Phi) is 28.7.